The number of aryl methyl sites for hydroxylation is 1. The van der Waals surface area contributed by atoms with Crippen LogP contribution in [0.4, 0.5) is 5.95 Å². The third kappa shape index (κ3) is 2.18. The molecule has 2 bridgehead atoms. The van der Waals surface area contributed by atoms with E-state index < -0.39 is 0 Å². The van der Waals surface area contributed by atoms with E-state index >= 15 is 0 Å². The van der Waals surface area contributed by atoms with E-state index in [1.807, 2.05) is 6.92 Å². The fraction of sp³-hybridized carbons (Fsp3) is 0.583. The first-order valence-corrected chi connectivity index (χ1v) is 6.60. The molecule has 3 atom stereocenters. The molecule has 0 aromatic carbocycles. The van der Waals surface area contributed by atoms with Crippen LogP contribution >= 0.6 is 12.2 Å². The second-order valence-corrected chi connectivity index (χ2v) is 5.38. The van der Waals surface area contributed by atoms with Gasteiger partial charge in [-0.2, -0.15) is 0 Å². The topological polar surface area (TPSA) is 73.1 Å². The van der Waals surface area contributed by atoms with Crippen LogP contribution in [0.5, 0.6) is 0 Å². The van der Waals surface area contributed by atoms with Crippen molar-refractivity contribution in [2.45, 2.75) is 44.4 Å². The number of hydrogen-bond donors (Lipinski definition) is 2. The summed E-state index contributed by atoms with van der Waals surface area (Å²) in [7, 11) is 0. The summed E-state index contributed by atoms with van der Waals surface area (Å²) in [6, 6.07) is 2.11. The van der Waals surface area contributed by atoms with Crippen molar-refractivity contribution in [1.29, 1.82) is 0 Å². The van der Waals surface area contributed by atoms with E-state index in [1.54, 1.807) is 6.07 Å². The number of thiocarbonyl (C=S) groups is 1. The molecule has 3 unspecified atom stereocenters. The van der Waals surface area contributed by atoms with E-state index in [1.165, 1.54) is 6.42 Å². The summed E-state index contributed by atoms with van der Waals surface area (Å²) in [6.07, 6.45) is 4.04. The van der Waals surface area contributed by atoms with Crippen molar-refractivity contribution in [2.75, 3.05) is 5.32 Å². The first-order chi connectivity index (χ1) is 8.61. The van der Waals surface area contributed by atoms with Gasteiger partial charge in [-0.3, -0.25) is 0 Å². The van der Waals surface area contributed by atoms with Gasteiger partial charge in [0.05, 0.1) is 18.2 Å². The van der Waals surface area contributed by atoms with Crippen LogP contribution in [0.3, 0.4) is 0 Å². The predicted octanol–water partition coefficient (Wildman–Crippen LogP) is 1.15. The van der Waals surface area contributed by atoms with Crippen LogP contribution in [0.2, 0.25) is 0 Å². The second kappa shape index (κ2) is 4.44. The van der Waals surface area contributed by atoms with Crippen LogP contribution in [0, 0.1) is 6.92 Å². The zero-order valence-electron chi connectivity index (χ0n) is 10.2. The lowest BCUT2D eigenvalue weighted by molar-refractivity contribution is 0.102. The highest BCUT2D eigenvalue weighted by Gasteiger charge is 2.41. The van der Waals surface area contributed by atoms with Crippen LogP contribution in [-0.2, 0) is 4.74 Å². The molecular formula is C12H16N4OS. The zero-order chi connectivity index (χ0) is 12.7. The number of ether oxygens (including phenoxy) is 1. The van der Waals surface area contributed by atoms with E-state index in [4.69, 9.17) is 22.7 Å². The maximum atomic E-state index is 5.80. The second-order valence-electron chi connectivity index (χ2n) is 4.94. The Bertz CT molecular complexity index is 493. The van der Waals surface area contributed by atoms with Crippen molar-refractivity contribution < 1.29 is 4.74 Å². The molecule has 2 saturated heterocycles. The van der Waals surface area contributed by atoms with Crippen molar-refractivity contribution >= 4 is 23.2 Å². The van der Waals surface area contributed by atoms with Gasteiger partial charge in [0.2, 0.25) is 5.95 Å². The molecule has 96 valence electrons. The van der Waals surface area contributed by atoms with E-state index in [2.05, 4.69) is 15.3 Å². The fourth-order valence-electron chi connectivity index (χ4n) is 2.71. The molecule has 6 heteroatoms. The van der Waals surface area contributed by atoms with Crippen LogP contribution < -0.4 is 11.1 Å². The number of nitrogens with one attached hydrogen (secondary N) is 1. The minimum absolute atomic E-state index is 0.299. The van der Waals surface area contributed by atoms with Gasteiger partial charge >= 0.3 is 0 Å². The molecule has 3 rings (SSSR count). The molecule has 1 aromatic rings. The van der Waals surface area contributed by atoms with Gasteiger partial charge in [-0.1, -0.05) is 12.2 Å². The largest absolute Gasteiger partial charge is 0.388 e. The van der Waals surface area contributed by atoms with Gasteiger partial charge < -0.3 is 15.8 Å². The summed E-state index contributed by atoms with van der Waals surface area (Å²) >= 11 is 4.95. The lowest BCUT2D eigenvalue weighted by atomic mass is 9.96. The number of fused-ring (bicyclic) bond motifs is 2. The van der Waals surface area contributed by atoms with E-state index in [0.29, 0.717) is 34.9 Å². The first kappa shape index (κ1) is 11.8. The smallest absolute Gasteiger partial charge is 0.223 e. The number of hydrogen-bond acceptors (Lipinski definition) is 5. The Balaban J connectivity index is 1.78. The molecule has 2 aliphatic rings. The van der Waals surface area contributed by atoms with E-state index in [-0.39, 0.29) is 0 Å². The Morgan fingerprint density at radius 3 is 2.94 bits per heavy atom. The van der Waals surface area contributed by atoms with E-state index in [0.717, 1.165) is 18.5 Å². The molecule has 0 aliphatic carbocycles. The molecule has 3 heterocycles. The maximum Gasteiger partial charge on any atom is 0.223 e. The van der Waals surface area contributed by atoms with Gasteiger partial charge in [0.1, 0.15) is 10.7 Å². The Morgan fingerprint density at radius 1 is 1.50 bits per heavy atom. The van der Waals surface area contributed by atoms with Gasteiger partial charge in [-0.25, -0.2) is 9.97 Å². The Morgan fingerprint density at radius 2 is 2.33 bits per heavy atom. The molecule has 0 saturated carbocycles. The molecule has 2 aliphatic heterocycles. The quantitative estimate of drug-likeness (QED) is 0.798. The molecule has 0 radical (unpaired) electrons. The van der Waals surface area contributed by atoms with Gasteiger partial charge in [-0.05, 0) is 32.3 Å². The molecule has 0 amide bonds. The molecule has 1 aromatic heterocycles. The maximum absolute atomic E-state index is 5.80. The van der Waals surface area contributed by atoms with E-state index in [9.17, 15) is 0 Å². The summed E-state index contributed by atoms with van der Waals surface area (Å²) in [4.78, 5) is 9.01. The normalized spacial score (nSPS) is 29.5. The van der Waals surface area contributed by atoms with Crippen molar-refractivity contribution in [1.82, 2.24) is 9.97 Å². The SMILES string of the molecule is Cc1cc(C(N)=S)nc(NC2CC3CCC2O3)n1. The summed E-state index contributed by atoms with van der Waals surface area (Å²) in [5, 5.41) is 3.35. The number of nitrogens with two attached hydrogens (primary N) is 1. The summed E-state index contributed by atoms with van der Waals surface area (Å²) in [6.45, 7) is 1.91. The highest BCUT2D eigenvalue weighted by molar-refractivity contribution is 7.80. The lowest BCUT2D eigenvalue weighted by Crippen LogP contribution is -2.31. The van der Waals surface area contributed by atoms with Gasteiger partial charge in [0, 0.05) is 5.69 Å². The minimum atomic E-state index is 0.299. The van der Waals surface area contributed by atoms with Crippen molar-refractivity contribution in [2.24, 2.45) is 5.73 Å². The molecule has 5 nitrogen and oxygen atoms in total. The number of anilines is 1. The van der Waals surface area contributed by atoms with Crippen LogP contribution in [0.1, 0.15) is 30.7 Å². The number of aromatic nitrogens is 2. The monoisotopic (exact) mass is 264 g/mol. The standard InChI is InChI=1S/C12H16N4OS/c1-6-4-9(11(13)18)16-12(14-6)15-8-5-7-2-3-10(8)17-7/h4,7-8,10H,2-3,5H2,1H3,(H2,13,18)(H,14,15,16). The Kier molecular flexibility index (Phi) is 2.91. The van der Waals surface area contributed by atoms with Gasteiger partial charge in [0.15, 0.2) is 0 Å². The number of rotatable bonds is 3. The first-order valence-electron chi connectivity index (χ1n) is 6.19. The van der Waals surface area contributed by atoms with Crippen LogP contribution in [-0.4, -0.2) is 33.2 Å². The van der Waals surface area contributed by atoms with Crippen molar-refractivity contribution in [3.63, 3.8) is 0 Å². The molecule has 18 heavy (non-hydrogen) atoms. The van der Waals surface area contributed by atoms with Crippen LogP contribution in [0.15, 0.2) is 6.07 Å². The van der Waals surface area contributed by atoms with Crippen LogP contribution in [0.25, 0.3) is 0 Å². The summed E-state index contributed by atoms with van der Waals surface area (Å²) < 4.78 is 5.80. The lowest BCUT2D eigenvalue weighted by Gasteiger charge is -2.20. The number of nitrogens with zero attached hydrogens (tertiary/aromatic N) is 2. The predicted molar refractivity (Wildman–Crippen MR) is 72.6 cm³/mol. The van der Waals surface area contributed by atoms with Gasteiger partial charge in [-0.15, -0.1) is 0 Å². The fourth-order valence-corrected chi connectivity index (χ4v) is 2.82. The molecule has 2 fully saturated rings. The Hall–Kier alpha value is -1.27. The minimum Gasteiger partial charge on any atom is -0.388 e. The average Bonchev–Trinajstić information content (AvgIpc) is 2.90. The highest BCUT2D eigenvalue weighted by Crippen LogP contribution is 2.35. The van der Waals surface area contributed by atoms with Gasteiger partial charge in [0.25, 0.3) is 0 Å². The highest BCUT2D eigenvalue weighted by atomic mass is 32.1. The molecular weight excluding hydrogens is 248 g/mol. The van der Waals surface area contributed by atoms with Crippen molar-refractivity contribution in [3.8, 4) is 0 Å². The third-order valence-corrected chi connectivity index (χ3v) is 3.74. The molecule has 3 N–H and O–H groups in total. The Labute approximate surface area is 111 Å². The zero-order valence-corrected chi connectivity index (χ0v) is 11.0. The molecule has 0 spiro atoms. The summed E-state index contributed by atoms with van der Waals surface area (Å²) in [5.74, 6) is 0.596. The van der Waals surface area contributed by atoms with Crippen molar-refractivity contribution in [3.05, 3.63) is 17.5 Å². The average molecular weight is 264 g/mol. The summed E-state index contributed by atoms with van der Waals surface area (Å²) in [5.41, 5.74) is 7.08. The third-order valence-electron chi connectivity index (χ3n) is 3.53.